The van der Waals surface area contributed by atoms with Gasteiger partial charge in [0.1, 0.15) is 5.69 Å². The number of carbonyl (C=O) groups excluding carboxylic acids is 1. The third-order valence-electron chi connectivity index (χ3n) is 9.86. The summed E-state index contributed by atoms with van der Waals surface area (Å²) in [5.41, 5.74) is 4.65. The molecule has 1 aliphatic rings. The van der Waals surface area contributed by atoms with Gasteiger partial charge in [0, 0.05) is 71.6 Å². The quantitative estimate of drug-likeness (QED) is 0.0539. The van der Waals surface area contributed by atoms with Gasteiger partial charge in [-0.05, 0) is 111 Å². The lowest BCUT2D eigenvalue weighted by molar-refractivity contribution is -0.384. The smallest absolute Gasteiger partial charge is 0.293 e. The van der Waals surface area contributed by atoms with E-state index >= 15 is 0 Å². The van der Waals surface area contributed by atoms with Crippen LogP contribution < -0.4 is 14.9 Å². The van der Waals surface area contributed by atoms with Gasteiger partial charge in [-0.3, -0.25) is 19.8 Å². The standard InChI is InChI=1S/C43H48N6O5S3/c1-46(2)24-23-35(31-56-38-10-5-4-6-11-38)44-41-22-21-39(29-42(41)49(51)52)57(53,54)45-43(50)33-13-17-36(18-14-33)48-27-25-47(26-28-48)30-34-9-7-8-12-40(34)32-15-19-37(55-3)20-16-32/h4-22,29,35,44H,23-28,30-31H2,1-3H3,(H,45,50)/t35-/m1/s1. The van der Waals surface area contributed by atoms with Crippen molar-refractivity contribution >= 4 is 56.5 Å². The maximum absolute atomic E-state index is 13.4. The van der Waals surface area contributed by atoms with Gasteiger partial charge in [-0.1, -0.05) is 54.6 Å². The Morgan fingerprint density at radius 3 is 2.21 bits per heavy atom. The Morgan fingerprint density at radius 2 is 1.54 bits per heavy atom. The SMILES string of the molecule is CSc1ccc(-c2ccccc2CN2CCN(c3ccc(C(=O)NS(=O)(=O)c4ccc(N[C@H](CCN(C)C)CSc5ccccc5)c([N+](=O)[O-])c4)cc3)CC2)cc1. The fraction of sp³-hybridized carbons (Fsp3) is 0.279. The van der Waals surface area contributed by atoms with Crippen molar-refractivity contribution in [3.8, 4) is 11.1 Å². The largest absolute Gasteiger partial charge is 0.376 e. The predicted octanol–water partition coefficient (Wildman–Crippen LogP) is 7.95. The van der Waals surface area contributed by atoms with Crippen molar-refractivity contribution in [2.24, 2.45) is 0 Å². The van der Waals surface area contributed by atoms with Crippen LogP contribution in [0.1, 0.15) is 22.3 Å². The van der Waals surface area contributed by atoms with Crippen molar-refractivity contribution < 1.29 is 18.1 Å². The highest BCUT2D eigenvalue weighted by Gasteiger charge is 2.26. The highest BCUT2D eigenvalue weighted by molar-refractivity contribution is 7.99. The number of thioether (sulfide) groups is 2. The molecular weight excluding hydrogens is 777 g/mol. The van der Waals surface area contributed by atoms with Crippen LogP contribution in [0, 0.1) is 10.1 Å². The van der Waals surface area contributed by atoms with Crippen LogP contribution in [0.15, 0.2) is 136 Å². The molecular formula is C43H48N6O5S3. The minimum atomic E-state index is -4.42. The average molecular weight is 825 g/mol. The first kappa shape index (κ1) is 41.8. The van der Waals surface area contributed by atoms with Crippen LogP contribution in [-0.2, 0) is 16.6 Å². The first-order valence-electron chi connectivity index (χ1n) is 18.7. The zero-order chi connectivity index (χ0) is 40.4. The number of piperazine rings is 1. The summed E-state index contributed by atoms with van der Waals surface area (Å²) in [5, 5.41) is 15.5. The summed E-state index contributed by atoms with van der Waals surface area (Å²) in [5.74, 6) is -0.177. The molecule has 0 unspecified atom stereocenters. The third kappa shape index (κ3) is 11.4. The fourth-order valence-corrected chi connectivity index (χ4v) is 9.07. The number of nitro benzene ring substituents is 1. The number of sulfonamides is 1. The number of hydrogen-bond donors (Lipinski definition) is 2. The molecule has 0 aromatic heterocycles. The highest BCUT2D eigenvalue weighted by atomic mass is 32.2. The Balaban J connectivity index is 1.06. The number of amides is 1. The van der Waals surface area contributed by atoms with E-state index in [4.69, 9.17) is 0 Å². The number of anilines is 2. The molecule has 0 spiro atoms. The van der Waals surface area contributed by atoms with Crippen molar-refractivity contribution in [3.05, 3.63) is 143 Å². The van der Waals surface area contributed by atoms with Gasteiger partial charge in [0.15, 0.2) is 0 Å². The molecule has 0 bridgehead atoms. The van der Waals surface area contributed by atoms with E-state index in [1.165, 1.54) is 33.7 Å². The average Bonchev–Trinajstić information content (AvgIpc) is 3.22. The lowest BCUT2D eigenvalue weighted by atomic mass is 9.99. The number of benzene rings is 5. The number of rotatable bonds is 17. The van der Waals surface area contributed by atoms with Crippen LogP contribution in [0.4, 0.5) is 17.1 Å². The number of nitrogens with one attached hydrogen (secondary N) is 2. The van der Waals surface area contributed by atoms with E-state index in [-0.39, 0.29) is 27.9 Å². The molecule has 1 atom stereocenters. The van der Waals surface area contributed by atoms with E-state index in [2.05, 4.69) is 74.6 Å². The lowest BCUT2D eigenvalue weighted by Gasteiger charge is -2.36. The lowest BCUT2D eigenvalue weighted by Crippen LogP contribution is -2.46. The molecule has 1 aliphatic heterocycles. The normalized spacial score (nSPS) is 14.0. The van der Waals surface area contributed by atoms with E-state index in [0.717, 1.165) is 55.9 Å². The second-order valence-corrected chi connectivity index (χ2v) is 17.8. The topological polar surface area (TPSA) is 128 Å². The highest BCUT2D eigenvalue weighted by Crippen LogP contribution is 2.31. The van der Waals surface area contributed by atoms with Crippen LogP contribution in [0.25, 0.3) is 11.1 Å². The number of nitro groups is 1. The first-order chi connectivity index (χ1) is 27.5. The van der Waals surface area contributed by atoms with Crippen molar-refractivity contribution in [1.29, 1.82) is 0 Å². The molecule has 6 rings (SSSR count). The Morgan fingerprint density at radius 1 is 0.860 bits per heavy atom. The van der Waals surface area contributed by atoms with Crippen molar-refractivity contribution in [1.82, 2.24) is 14.5 Å². The van der Waals surface area contributed by atoms with Gasteiger partial charge in [-0.15, -0.1) is 23.5 Å². The summed E-state index contributed by atoms with van der Waals surface area (Å²) in [6, 6.07) is 37.5. The van der Waals surface area contributed by atoms with Gasteiger partial charge in [0.25, 0.3) is 21.6 Å². The summed E-state index contributed by atoms with van der Waals surface area (Å²) in [4.78, 5) is 33.4. The van der Waals surface area contributed by atoms with Crippen LogP contribution in [0.3, 0.4) is 0 Å². The zero-order valence-corrected chi connectivity index (χ0v) is 34.8. The second kappa shape index (κ2) is 19.5. The molecule has 14 heteroatoms. The second-order valence-electron chi connectivity index (χ2n) is 14.1. The molecule has 11 nitrogen and oxygen atoms in total. The molecule has 5 aromatic rings. The van der Waals surface area contributed by atoms with E-state index < -0.39 is 20.9 Å². The Hall–Kier alpha value is -4.86. The number of carbonyl (C=O) groups is 1. The molecule has 57 heavy (non-hydrogen) atoms. The molecule has 1 fully saturated rings. The fourth-order valence-electron chi connectivity index (χ4n) is 6.68. The summed E-state index contributed by atoms with van der Waals surface area (Å²) in [6.07, 6.45) is 2.79. The molecule has 0 aliphatic carbocycles. The van der Waals surface area contributed by atoms with Crippen LogP contribution in [0.2, 0.25) is 0 Å². The molecule has 1 saturated heterocycles. The summed E-state index contributed by atoms with van der Waals surface area (Å²) in [7, 11) is -0.500. The third-order valence-corrected chi connectivity index (χ3v) is 13.1. The summed E-state index contributed by atoms with van der Waals surface area (Å²) < 4.78 is 28.8. The van der Waals surface area contributed by atoms with Crippen LogP contribution in [-0.4, -0.2) is 93.9 Å². The Labute approximate surface area is 344 Å². The molecule has 0 radical (unpaired) electrons. The van der Waals surface area contributed by atoms with E-state index in [9.17, 15) is 23.3 Å². The molecule has 5 aromatic carbocycles. The van der Waals surface area contributed by atoms with E-state index in [0.29, 0.717) is 12.2 Å². The molecule has 1 heterocycles. The van der Waals surface area contributed by atoms with Gasteiger partial charge >= 0.3 is 0 Å². The number of nitrogens with zero attached hydrogens (tertiary/aromatic N) is 4. The molecule has 2 N–H and O–H groups in total. The first-order valence-corrected chi connectivity index (χ1v) is 22.4. The maximum Gasteiger partial charge on any atom is 0.293 e. The van der Waals surface area contributed by atoms with Gasteiger partial charge in [-0.2, -0.15) is 0 Å². The predicted molar refractivity (Wildman–Crippen MR) is 233 cm³/mol. The van der Waals surface area contributed by atoms with E-state index in [1.54, 1.807) is 35.7 Å². The van der Waals surface area contributed by atoms with Crippen molar-refractivity contribution in [2.75, 3.05) is 69.0 Å². The van der Waals surface area contributed by atoms with Gasteiger partial charge in [0.2, 0.25) is 0 Å². The Kier molecular flexibility index (Phi) is 14.3. The number of hydrogen-bond acceptors (Lipinski definition) is 11. The van der Waals surface area contributed by atoms with Gasteiger partial charge in [0.05, 0.1) is 9.82 Å². The molecule has 1 amide bonds. The summed E-state index contributed by atoms with van der Waals surface area (Å²) in [6.45, 7) is 4.93. The zero-order valence-electron chi connectivity index (χ0n) is 32.3. The van der Waals surface area contributed by atoms with E-state index in [1.807, 2.05) is 61.5 Å². The Bertz CT molecular complexity index is 2230. The van der Waals surface area contributed by atoms with Gasteiger partial charge in [-0.25, -0.2) is 13.1 Å². The summed E-state index contributed by atoms with van der Waals surface area (Å²) >= 11 is 3.37. The maximum atomic E-state index is 13.4. The molecule has 0 saturated carbocycles. The van der Waals surface area contributed by atoms with Gasteiger partial charge < -0.3 is 15.1 Å². The van der Waals surface area contributed by atoms with Crippen molar-refractivity contribution in [3.63, 3.8) is 0 Å². The molecule has 298 valence electrons. The minimum absolute atomic E-state index is 0.138. The minimum Gasteiger partial charge on any atom is -0.376 e. The van der Waals surface area contributed by atoms with Crippen LogP contribution >= 0.6 is 23.5 Å². The van der Waals surface area contributed by atoms with Crippen LogP contribution in [0.5, 0.6) is 0 Å². The monoisotopic (exact) mass is 824 g/mol. The van der Waals surface area contributed by atoms with Crippen molar-refractivity contribution in [2.45, 2.75) is 33.7 Å².